The van der Waals surface area contributed by atoms with Gasteiger partial charge in [0.25, 0.3) is 5.97 Å². The Hall–Kier alpha value is -1.61. The van der Waals surface area contributed by atoms with E-state index in [4.69, 9.17) is 30.1 Å². The van der Waals surface area contributed by atoms with Crippen molar-refractivity contribution in [2.24, 2.45) is 5.73 Å². The number of fused-ring (bicyclic) bond motifs is 1. The number of benzene rings is 1. The molecule has 116 valence electrons. The number of aliphatic hydroxyl groups is 1. The third kappa shape index (κ3) is 5.35. The molecule has 0 bridgehead atoms. The molecule has 5 N–H and O–H groups in total. The highest BCUT2D eigenvalue weighted by Gasteiger charge is 2.34. The van der Waals surface area contributed by atoms with Crippen LogP contribution in [0.2, 0.25) is 0 Å². The van der Waals surface area contributed by atoms with Crippen LogP contribution >= 0.6 is 0 Å². The highest BCUT2D eigenvalue weighted by molar-refractivity contribution is 6.61. The summed E-state index contributed by atoms with van der Waals surface area (Å²) >= 11 is 0. The standard InChI is InChI=1S/C11H16BNO4.C2H4O2/c1-7(14)6-16-8-2-3-9-10(4-8)12(15)17-11(9)5-13;1-2(3)4/h2-4,7,11,14-15H,5-6,13H2,1H3;1H3,(H,3,4). The molecular weight excluding hydrogens is 277 g/mol. The van der Waals surface area contributed by atoms with Gasteiger partial charge in [-0.1, -0.05) is 6.07 Å². The van der Waals surface area contributed by atoms with Gasteiger partial charge in [0.1, 0.15) is 12.4 Å². The Balaban J connectivity index is 0.000000491. The molecule has 1 aliphatic heterocycles. The summed E-state index contributed by atoms with van der Waals surface area (Å²) in [5, 5.41) is 26.2. The Kier molecular flexibility index (Phi) is 6.64. The summed E-state index contributed by atoms with van der Waals surface area (Å²) < 4.78 is 10.6. The van der Waals surface area contributed by atoms with Crippen molar-refractivity contribution in [3.8, 4) is 5.75 Å². The van der Waals surface area contributed by atoms with E-state index in [-0.39, 0.29) is 12.7 Å². The van der Waals surface area contributed by atoms with Crippen molar-refractivity contribution in [1.29, 1.82) is 0 Å². The number of carbonyl (C=O) groups is 1. The number of hydrogen-bond acceptors (Lipinski definition) is 6. The van der Waals surface area contributed by atoms with Gasteiger partial charge in [-0.25, -0.2) is 0 Å². The highest BCUT2D eigenvalue weighted by atomic mass is 16.5. The Morgan fingerprint density at radius 3 is 2.71 bits per heavy atom. The van der Waals surface area contributed by atoms with Gasteiger partial charge in [-0.3, -0.25) is 4.79 Å². The van der Waals surface area contributed by atoms with Crippen molar-refractivity contribution in [2.45, 2.75) is 26.1 Å². The molecule has 1 aliphatic rings. The predicted octanol–water partition coefficient (Wildman–Crippen LogP) is -0.745. The van der Waals surface area contributed by atoms with Gasteiger partial charge in [-0.2, -0.15) is 0 Å². The van der Waals surface area contributed by atoms with Crippen LogP contribution in [-0.4, -0.2) is 47.6 Å². The van der Waals surface area contributed by atoms with Gasteiger partial charge >= 0.3 is 7.12 Å². The summed E-state index contributed by atoms with van der Waals surface area (Å²) in [7, 11) is -0.950. The van der Waals surface area contributed by atoms with Gasteiger partial charge in [-0.15, -0.1) is 0 Å². The molecule has 0 amide bonds. The van der Waals surface area contributed by atoms with Crippen LogP contribution < -0.4 is 15.9 Å². The highest BCUT2D eigenvalue weighted by Crippen LogP contribution is 2.24. The van der Waals surface area contributed by atoms with Crippen molar-refractivity contribution < 1.29 is 29.4 Å². The van der Waals surface area contributed by atoms with E-state index >= 15 is 0 Å². The third-order valence-electron chi connectivity index (χ3n) is 2.67. The van der Waals surface area contributed by atoms with Crippen LogP contribution in [-0.2, 0) is 9.45 Å². The van der Waals surface area contributed by atoms with E-state index in [2.05, 4.69) is 0 Å². The largest absolute Gasteiger partial charge is 0.492 e. The molecule has 21 heavy (non-hydrogen) atoms. The monoisotopic (exact) mass is 297 g/mol. The number of aliphatic hydroxyl groups excluding tert-OH is 1. The summed E-state index contributed by atoms with van der Waals surface area (Å²) in [4.78, 5) is 9.00. The van der Waals surface area contributed by atoms with Crippen LogP contribution in [0.3, 0.4) is 0 Å². The van der Waals surface area contributed by atoms with Crippen LogP contribution in [0, 0.1) is 0 Å². The Morgan fingerprint density at radius 1 is 1.57 bits per heavy atom. The number of carboxylic acid groups (broad SMARTS) is 1. The fraction of sp³-hybridized carbons (Fsp3) is 0.462. The molecule has 1 heterocycles. The first-order valence-corrected chi connectivity index (χ1v) is 6.53. The fourth-order valence-corrected chi connectivity index (χ4v) is 1.85. The second-order valence-electron chi connectivity index (χ2n) is 4.68. The van der Waals surface area contributed by atoms with Crippen LogP contribution in [0.1, 0.15) is 25.5 Å². The van der Waals surface area contributed by atoms with E-state index in [1.807, 2.05) is 6.07 Å². The quantitative estimate of drug-likeness (QED) is 0.539. The lowest BCUT2D eigenvalue weighted by atomic mass is 9.79. The zero-order valence-corrected chi connectivity index (χ0v) is 12.0. The van der Waals surface area contributed by atoms with Crippen LogP contribution in [0.5, 0.6) is 5.75 Å². The summed E-state index contributed by atoms with van der Waals surface area (Å²) in [5.41, 5.74) is 7.12. The SMILES string of the molecule is CC(=O)O.CC(O)COc1ccc2c(c1)B(O)OC2CN. The van der Waals surface area contributed by atoms with Gasteiger partial charge in [0.2, 0.25) is 0 Å². The lowest BCUT2D eigenvalue weighted by Crippen LogP contribution is -2.28. The van der Waals surface area contributed by atoms with Crippen molar-refractivity contribution in [2.75, 3.05) is 13.2 Å². The molecule has 2 rings (SSSR count). The lowest BCUT2D eigenvalue weighted by Gasteiger charge is -2.10. The number of nitrogens with two attached hydrogens (primary N) is 1. The molecule has 0 radical (unpaired) electrons. The first-order valence-electron chi connectivity index (χ1n) is 6.53. The molecule has 1 aromatic rings. The van der Waals surface area contributed by atoms with Crippen molar-refractivity contribution >= 4 is 18.6 Å². The zero-order valence-electron chi connectivity index (χ0n) is 12.0. The number of hydrogen-bond donors (Lipinski definition) is 4. The molecule has 0 spiro atoms. The summed E-state index contributed by atoms with van der Waals surface area (Å²) in [6.07, 6.45) is -0.785. The van der Waals surface area contributed by atoms with E-state index in [0.29, 0.717) is 17.8 Å². The minimum absolute atomic E-state index is 0.218. The van der Waals surface area contributed by atoms with Crippen molar-refractivity contribution in [3.63, 3.8) is 0 Å². The molecule has 7 nitrogen and oxygen atoms in total. The van der Waals surface area contributed by atoms with Gasteiger partial charge < -0.3 is 30.4 Å². The number of rotatable bonds is 4. The first kappa shape index (κ1) is 17.4. The predicted molar refractivity (Wildman–Crippen MR) is 77.4 cm³/mol. The van der Waals surface area contributed by atoms with Crippen molar-refractivity contribution in [3.05, 3.63) is 23.8 Å². The molecule has 0 aromatic heterocycles. The van der Waals surface area contributed by atoms with E-state index in [9.17, 15) is 5.02 Å². The molecule has 0 fully saturated rings. The number of aliphatic carboxylic acids is 1. The van der Waals surface area contributed by atoms with Crippen molar-refractivity contribution in [1.82, 2.24) is 0 Å². The van der Waals surface area contributed by atoms with E-state index in [1.54, 1.807) is 19.1 Å². The van der Waals surface area contributed by atoms with Crippen LogP contribution in [0.25, 0.3) is 0 Å². The average molecular weight is 297 g/mol. The van der Waals surface area contributed by atoms with Crippen LogP contribution in [0.4, 0.5) is 0 Å². The Bertz CT molecular complexity index is 478. The minimum atomic E-state index is -0.950. The molecule has 1 aromatic carbocycles. The molecule has 2 unspecified atom stereocenters. The molecule has 8 heteroatoms. The number of ether oxygens (including phenoxy) is 1. The summed E-state index contributed by atoms with van der Waals surface area (Å²) in [5.74, 6) is -0.232. The second kappa shape index (κ2) is 7.99. The lowest BCUT2D eigenvalue weighted by molar-refractivity contribution is -0.134. The van der Waals surface area contributed by atoms with Crippen LogP contribution in [0.15, 0.2) is 18.2 Å². The van der Waals surface area contributed by atoms with Gasteiger partial charge in [-0.05, 0) is 30.1 Å². The smallest absolute Gasteiger partial charge is 0.491 e. The first-order chi connectivity index (χ1) is 9.85. The maximum Gasteiger partial charge on any atom is 0.492 e. The fourth-order valence-electron chi connectivity index (χ4n) is 1.85. The van der Waals surface area contributed by atoms with Gasteiger partial charge in [0.15, 0.2) is 0 Å². The topological polar surface area (TPSA) is 122 Å². The summed E-state index contributed by atoms with van der Waals surface area (Å²) in [6.45, 7) is 3.28. The maximum atomic E-state index is 9.70. The average Bonchev–Trinajstić information content (AvgIpc) is 2.72. The molecule has 2 atom stereocenters. The Morgan fingerprint density at radius 2 is 2.19 bits per heavy atom. The second-order valence-corrected chi connectivity index (χ2v) is 4.68. The Labute approximate surface area is 123 Å². The molecule has 0 saturated carbocycles. The zero-order chi connectivity index (χ0) is 16.0. The maximum absolute atomic E-state index is 9.70. The molecule has 0 aliphatic carbocycles. The number of carboxylic acids is 1. The molecule has 0 saturated heterocycles. The van der Waals surface area contributed by atoms with E-state index < -0.39 is 19.2 Å². The van der Waals surface area contributed by atoms with E-state index in [0.717, 1.165) is 12.5 Å². The van der Waals surface area contributed by atoms with E-state index in [1.165, 1.54) is 0 Å². The third-order valence-corrected chi connectivity index (χ3v) is 2.67. The van der Waals surface area contributed by atoms with Gasteiger partial charge in [0, 0.05) is 13.5 Å². The minimum Gasteiger partial charge on any atom is -0.491 e. The van der Waals surface area contributed by atoms with Gasteiger partial charge in [0.05, 0.1) is 12.2 Å². The normalized spacial score (nSPS) is 17.6. The summed E-state index contributed by atoms with van der Waals surface area (Å²) in [6, 6.07) is 5.34. The molecular formula is C13H20BNO6.